The number of anilines is 2. The molecule has 3 rings (SSSR count). The van der Waals surface area contributed by atoms with Gasteiger partial charge in [0.15, 0.2) is 0 Å². The Morgan fingerprint density at radius 1 is 0.636 bits per heavy atom. The Bertz CT molecular complexity index is 692. The summed E-state index contributed by atoms with van der Waals surface area (Å²) in [6.07, 6.45) is 4.08. The topological polar surface area (TPSA) is 52.0 Å². The zero-order valence-electron chi connectivity index (χ0n) is 14.1. The fraction of sp³-hybridized carbons (Fsp3) is 0.400. The summed E-state index contributed by atoms with van der Waals surface area (Å²) in [5.41, 5.74) is 25.4. The molecular weight excluding hydrogens is 268 g/mol. The number of hydrogen-bond acceptors (Lipinski definition) is 2. The second-order valence-corrected chi connectivity index (χ2v) is 6.74. The molecule has 0 saturated carbocycles. The van der Waals surface area contributed by atoms with Gasteiger partial charge in [-0.2, -0.15) is 0 Å². The molecule has 0 fully saturated rings. The molecule has 0 bridgehead atoms. The average Bonchev–Trinajstić information content (AvgIpc) is 2.47. The highest BCUT2D eigenvalue weighted by Crippen LogP contribution is 2.33. The van der Waals surface area contributed by atoms with Gasteiger partial charge in [-0.05, 0) is 97.9 Å². The summed E-state index contributed by atoms with van der Waals surface area (Å²) in [7, 11) is 0. The van der Waals surface area contributed by atoms with Crippen LogP contribution in [-0.2, 0) is 25.7 Å². The monoisotopic (exact) mass is 294 g/mol. The van der Waals surface area contributed by atoms with Crippen molar-refractivity contribution in [1.29, 1.82) is 0 Å². The van der Waals surface area contributed by atoms with Gasteiger partial charge in [0.25, 0.3) is 0 Å². The van der Waals surface area contributed by atoms with Crippen molar-refractivity contribution in [1.82, 2.24) is 0 Å². The molecule has 4 N–H and O–H groups in total. The Balaban J connectivity index is 2.09. The molecule has 0 radical (unpaired) electrons. The van der Waals surface area contributed by atoms with Gasteiger partial charge < -0.3 is 11.5 Å². The molecule has 0 atom stereocenters. The molecule has 2 aromatic carbocycles. The van der Waals surface area contributed by atoms with Crippen LogP contribution in [0.2, 0.25) is 0 Å². The summed E-state index contributed by atoms with van der Waals surface area (Å²) in [5.74, 6) is 0. The summed E-state index contributed by atoms with van der Waals surface area (Å²) in [4.78, 5) is 0. The van der Waals surface area contributed by atoms with Gasteiger partial charge in [0.2, 0.25) is 0 Å². The molecular formula is C20H26N2. The average molecular weight is 294 g/mol. The molecule has 2 heteroatoms. The highest BCUT2D eigenvalue weighted by atomic mass is 14.6. The first-order valence-corrected chi connectivity index (χ1v) is 8.15. The van der Waals surface area contributed by atoms with Crippen LogP contribution < -0.4 is 11.5 Å². The molecule has 0 aromatic heterocycles. The van der Waals surface area contributed by atoms with E-state index in [4.69, 9.17) is 11.5 Å². The molecule has 2 aromatic rings. The summed E-state index contributed by atoms with van der Waals surface area (Å²) in [6.45, 7) is 8.56. The molecule has 1 aliphatic carbocycles. The van der Waals surface area contributed by atoms with Gasteiger partial charge in [-0.25, -0.2) is 0 Å². The number of nitrogens with two attached hydrogens (primary N) is 2. The molecule has 0 spiro atoms. The van der Waals surface area contributed by atoms with Gasteiger partial charge >= 0.3 is 0 Å². The maximum Gasteiger partial charge on any atom is 0.0381 e. The maximum absolute atomic E-state index is 6.41. The largest absolute Gasteiger partial charge is 0.398 e. The number of rotatable bonds is 0. The Hall–Kier alpha value is -1.96. The molecule has 1 aliphatic rings. The molecule has 0 unspecified atom stereocenters. The lowest BCUT2D eigenvalue weighted by Crippen LogP contribution is -2.13. The molecule has 2 nitrogen and oxygen atoms in total. The quantitative estimate of drug-likeness (QED) is 0.722. The van der Waals surface area contributed by atoms with E-state index in [-0.39, 0.29) is 0 Å². The molecule has 0 heterocycles. The standard InChI is InChI=1S/C20H26N2/c1-11-9-15-5-6-16-10-12(2)14(4)20(22)18(16)8-7-17(15)19(21)13(11)3/h9-10H,5-8,21-22H2,1-4H3. The van der Waals surface area contributed by atoms with Crippen LogP contribution in [0.1, 0.15) is 44.5 Å². The van der Waals surface area contributed by atoms with Crippen molar-refractivity contribution in [2.45, 2.75) is 53.4 Å². The first kappa shape index (κ1) is 15.0. The Morgan fingerprint density at radius 2 is 1.00 bits per heavy atom. The van der Waals surface area contributed by atoms with E-state index in [0.29, 0.717) is 0 Å². The lowest BCUT2D eigenvalue weighted by molar-refractivity contribution is 0.838. The van der Waals surface area contributed by atoms with Crippen LogP contribution in [-0.4, -0.2) is 0 Å². The van der Waals surface area contributed by atoms with Crippen molar-refractivity contribution in [2.75, 3.05) is 11.5 Å². The zero-order valence-corrected chi connectivity index (χ0v) is 14.1. The van der Waals surface area contributed by atoms with Gasteiger partial charge in [0, 0.05) is 11.4 Å². The number of fused-ring (bicyclic) bond motifs is 2. The summed E-state index contributed by atoms with van der Waals surface area (Å²) >= 11 is 0. The maximum atomic E-state index is 6.41. The summed E-state index contributed by atoms with van der Waals surface area (Å²) < 4.78 is 0. The zero-order chi connectivity index (χ0) is 16.0. The first-order valence-electron chi connectivity index (χ1n) is 8.15. The number of aryl methyl sites for hydroxylation is 4. The minimum Gasteiger partial charge on any atom is -0.398 e. The van der Waals surface area contributed by atoms with Crippen LogP contribution in [0.3, 0.4) is 0 Å². The number of hydrogen-bond donors (Lipinski definition) is 2. The predicted octanol–water partition coefficient (Wildman–Crippen LogP) is 3.97. The molecule has 0 saturated heterocycles. The summed E-state index contributed by atoms with van der Waals surface area (Å²) in [5, 5.41) is 0. The minimum absolute atomic E-state index is 0.987. The predicted molar refractivity (Wildman–Crippen MR) is 95.5 cm³/mol. The fourth-order valence-electron chi connectivity index (χ4n) is 3.69. The third kappa shape index (κ3) is 2.27. The lowest BCUT2D eigenvalue weighted by atomic mass is 9.84. The van der Waals surface area contributed by atoms with Crippen LogP contribution >= 0.6 is 0 Å². The van der Waals surface area contributed by atoms with Gasteiger partial charge in [0.05, 0.1) is 0 Å². The van der Waals surface area contributed by atoms with Crippen molar-refractivity contribution in [2.24, 2.45) is 0 Å². The van der Waals surface area contributed by atoms with Crippen LogP contribution in [0.5, 0.6) is 0 Å². The molecule has 0 amide bonds. The third-order valence-electron chi connectivity index (χ3n) is 5.49. The Kier molecular flexibility index (Phi) is 3.64. The highest BCUT2D eigenvalue weighted by molar-refractivity contribution is 5.63. The van der Waals surface area contributed by atoms with Gasteiger partial charge in [-0.3, -0.25) is 0 Å². The van der Waals surface area contributed by atoms with E-state index in [1.165, 1.54) is 44.5 Å². The normalized spacial score (nSPS) is 14.0. The van der Waals surface area contributed by atoms with E-state index in [0.717, 1.165) is 37.1 Å². The van der Waals surface area contributed by atoms with E-state index in [9.17, 15) is 0 Å². The number of benzene rings is 2. The third-order valence-corrected chi connectivity index (χ3v) is 5.49. The second-order valence-electron chi connectivity index (χ2n) is 6.74. The number of nitrogen functional groups attached to an aromatic ring is 2. The van der Waals surface area contributed by atoms with E-state index in [2.05, 4.69) is 39.8 Å². The van der Waals surface area contributed by atoms with Crippen LogP contribution in [0.4, 0.5) is 11.4 Å². The highest BCUT2D eigenvalue weighted by Gasteiger charge is 2.18. The second kappa shape index (κ2) is 5.35. The van der Waals surface area contributed by atoms with Gasteiger partial charge in [-0.15, -0.1) is 0 Å². The van der Waals surface area contributed by atoms with Crippen molar-refractivity contribution in [3.8, 4) is 0 Å². The van der Waals surface area contributed by atoms with E-state index >= 15 is 0 Å². The van der Waals surface area contributed by atoms with Crippen LogP contribution in [0.25, 0.3) is 0 Å². The smallest absolute Gasteiger partial charge is 0.0381 e. The Labute approximate surface area is 133 Å². The van der Waals surface area contributed by atoms with Gasteiger partial charge in [-0.1, -0.05) is 12.1 Å². The first-order chi connectivity index (χ1) is 10.4. The summed E-state index contributed by atoms with van der Waals surface area (Å²) in [6, 6.07) is 4.66. The molecule has 0 aliphatic heterocycles. The van der Waals surface area contributed by atoms with Crippen LogP contribution in [0, 0.1) is 27.7 Å². The van der Waals surface area contributed by atoms with Crippen molar-refractivity contribution in [3.05, 3.63) is 56.6 Å². The minimum atomic E-state index is 0.987. The lowest BCUT2D eigenvalue weighted by Gasteiger charge is -2.23. The fourth-order valence-corrected chi connectivity index (χ4v) is 3.69. The van der Waals surface area contributed by atoms with E-state index in [1.54, 1.807) is 0 Å². The van der Waals surface area contributed by atoms with E-state index in [1.807, 2.05) is 0 Å². The van der Waals surface area contributed by atoms with Crippen molar-refractivity contribution in [3.63, 3.8) is 0 Å². The van der Waals surface area contributed by atoms with Crippen molar-refractivity contribution < 1.29 is 0 Å². The van der Waals surface area contributed by atoms with E-state index < -0.39 is 0 Å². The van der Waals surface area contributed by atoms with Crippen molar-refractivity contribution >= 4 is 11.4 Å². The van der Waals surface area contributed by atoms with Crippen LogP contribution in [0.15, 0.2) is 12.1 Å². The Morgan fingerprint density at radius 3 is 1.36 bits per heavy atom. The molecule has 116 valence electrons. The molecule has 22 heavy (non-hydrogen) atoms. The van der Waals surface area contributed by atoms with Gasteiger partial charge in [0.1, 0.15) is 0 Å². The SMILES string of the molecule is Cc1cc2c(c(N)c1C)CCc1c(cc(C)c(C)c1N)CC2.